The van der Waals surface area contributed by atoms with Gasteiger partial charge in [0, 0.05) is 6.20 Å². The van der Waals surface area contributed by atoms with E-state index in [2.05, 4.69) is 18.5 Å². The van der Waals surface area contributed by atoms with Crippen molar-refractivity contribution in [1.29, 1.82) is 0 Å². The highest BCUT2D eigenvalue weighted by molar-refractivity contribution is 8.93. The topological polar surface area (TPSA) is 12.9 Å². The highest BCUT2D eigenvalue weighted by Crippen LogP contribution is 2.10. The lowest BCUT2D eigenvalue weighted by Crippen LogP contribution is -1.83. The van der Waals surface area contributed by atoms with E-state index in [0.717, 1.165) is 17.7 Å². The third kappa shape index (κ3) is 2.85. The SMILES string of the molecule is Br.C=C(CC)c1ccccn1. The van der Waals surface area contributed by atoms with Crippen LogP contribution in [0, 0.1) is 0 Å². The first-order valence-corrected chi connectivity index (χ1v) is 3.43. The van der Waals surface area contributed by atoms with Crippen LogP contribution in [0.3, 0.4) is 0 Å². The molecule has 0 spiro atoms. The molecule has 0 atom stereocenters. The monoisotopic (exact) mass is 213 g/mol. The molecule has 1 heterocycles. The zero-order valence-corrected chi connectivity index (χ0v) is 8.29. The molecule has 0 aliphatic carbocycles. The van der Waals surface area contributed by atoms with Crippen molar-refractivity contribution in [3.63, 3.8) is 0 Å². The van der Waals surface area contributed by atoms with E-state index in [1.165, 1.54) is 0 Å². The maximum atomic E-state index is 4.15. The minimum atomic E-state index is 0. The molecule has 11 heavy (non-hydrogen) atoms. The van der Waals surface area contributed by atoms with Crippen molar-refractivity contribution < 1.29 is 0 Å². The standard InChI is InChI=1S/C9H11N.BrH/c1-3-8(2)9-6-4-5-7-10-9;/h4-7H,2-3H2,1H3;1H. The molecule has 1 nitrogen and oxygen atoms in total. The number of aromatic nitrogens is 1. The molecule has 0 saturated heterocycles. The van der Waals surface area contributed by atoms with Crippen LogP contribution in [0.1, 0.15) is 19.0 Å². The Balaban J connectivity index is 0.000001000. The molecule has 0 radical (unpaired) electrons. The number of nitrogens with zero attached hydrogens (tertiary/aromatic N) is 1. The van der Waals surface area contributed by atoms with E-state index in [1.807, 2.05) is 18.2 Å². The normalized spacial score (nSPS) is 8.45. The average Bonchev–Trinajstić information content (AvgIpc) is 2.05. The summed E-state index contributed by atoms with van der Waals surface area (Å²) in [4.78, 5) is 4.15. The molecular weight excluding hydrogens is 202 g/mol. The van der Waals surface area contributed by atoms with Gasteiger partial charge in [0.2, 0.25) is 0 Å². The lowest BCUT2D eigenvalue weighted by atomic mass is 10.1. The van der Waals surface area contributed by atoms with Gasteiger partial charge in [0.25, 0.3) is 0 Å². The van der Waals surface area contributed by atoms with E-state index in [-0.39, 0.29) is 17.0 Å². The fourth-order valence-corrected chi connectivity index (χ4v) is 0.753. The molecule has 0 bridgehead atoms. The Labute approximate surface area is 77.9 Å². The van der Waals surface area contributed by atoms with E-state index in [0.29, 0.717) is 0 Å². The van der Waals surface area contributed by atoms with Crippen LogP contribution in [-0.4, -0.2) is 4.98 Å². The third-order valence-corrected chi connectivity index (χ3v) is 1.45. The van der Waals surface area contributed by atoms with E-state index in [1.54, 1.807) is 6.20 Å². The van der Waals surface area contributed by atoms with Gasteiger partial charge in [-0.2, -0.15) is 0 Å². The van der Waals surface area contributed by atoms with Crippen LogP contribution in [0.25, 0.3) is 5.57 Å². The van der Waals surface area contributed by atoms with Gasteiger partial charge in [-0.25, -0.2) is 0 Å². The highest BCUT2D eigenvalue weighted by Gasteiger charge is 1.93. The van der Waals surface area contributed by atoms with Crippen LogP contribution in [0.15, 0.2) is 31.0 Å². The van der Waals surface area contributed by atoms with Crippen molar-refractivity contribution in [1.82, 2.24) is 4.98 Å². The molecule has 0 aromatic carbocycles. The Morgan fingerprint density at radius 2 is 2.27 bits per heavy atom. The van der Waals surface area contributed by atoms with Crippen LogP contribution in [0.4, 0.5) is 0 Å². The Kier molecular flexibility index (Phi) is 4.79. The quantitative estimate of drug-likeness (QED) is 0.737. The lowest BCUT2D eigenvalue weighted by Gasteiger charge is -1.98. The van der Waals surface area contributed by atoms with Crippen molar-refractivity contribution in [3.8, 4) is 0 Å². The summed E-state index contributed by atoms with van der Waals surface area (Å²) in [6.45, 7) is 5.96. The van der Waals surface area contributed by atoms with Crippen molar-refractivity contribution >= 4 is 22.6 Å². The van der Waals surface area contributed by atoms with E-state index in [9.17, 15) is 0 Å². The summed E-state index contributed by atoms with van der Waals surface area (Å²) in [5, 5.41) is 0. The number of halogens is 1. The zero-order valence-electron chi connectivity index (χ0n) is 6.58. The van der Waals surface area contributed by atoms with E-state index >= 15 is 0 Å². The van der Waals surface area contributed by atoms with Crippen LogP contribution < -0.4 is 0 Å². The molecule has 0 aliphatic rings. The summed E-state index contributed by atoms with van der Waals surface area (Å²) in [6, 6.07) is 5.86. The summed E-state index contributed by atoms with van der Waals surface area (Å²) in [5.41, 5.74) is 2.10. The first-order chi connectivity index (χ1) is 4.84. The molecule has 0 N–H and O–H groups in total. The van der Waals surface area contributed by atoms with Gasteiger partial charge in [0.15, 0.2) is 0 Å². The Morgan fingerprint density at radius 3 is 2.73 bits per heavy atom. The summed E-state index contributed by atoms with van der Waals surface area (Å²) in [6.07, 6.45) is 2.76. The summed E-state index contributed by atoms with van der Waals surface area (Å²) in [7, 11) is 0. The van der Waals surface area contributed by atoms with Crippen LogP contribution in [-0.2, 0) is 0 Å². The van der Waals surface area contributed by atoms with Gasteiger partial charge in [-0.3, -0.25) is 4.98 Å². The number of hydrogen-bond acceptors (Lipinski definition) is 1. The second-order valence-electron chi connectivity index (χ2n) is 2.17. The summed E-state index contributed by atoms with van der Waals surface area (Å²) >= 11 is 0. The van der Waals surface area contributed by atoms with Crippen molar-refractivity contribution in [2.45, 2.75) is 13.3 Å². The maximum absolute atomic E-state index is 4.15. The predicted octanol–water partition coefficient (Wildman–Crippen LogP) is 3.08. The second-order valence-corrected chi connectivity index (χ2v) is 2.17. The second kappa shape index (κ2) is 5.08. The van der Waals surface area contributed by atoms with Crippen molar-refractivity contribution in [2.75, 3.05) is 0 Å². The number of pyridine rings is 1. The number of rotatable bonds is 2. The van der Waals surface area contributed by atoms with Crippen LogP contribution in [0.2, 0.25) is 0 Å². The summed E-state index contributed by atoms with van der Waals surface area (Å²) < 4.78 is 0. The molecule has 0 saturated carbocycles. The zero-order chi connectivity index (χ0) is 7.40. The van der Waals surface area contributed by atoms with E-state index in [4.69, 9.17) is 0 Å². The fraction of sp³-hybridized carbons (Fsp3) is 0.222. The average molecular weight is 214 g/mol. The van der Waals surface area contributed by atoms with Gasteiger partial charge in [-0.15, -0.1) is 17.0 Å². The molecule has 0 amide bonds. The third-order valence-electron chi connectivity index (χ3n) is 1.45. The van der Waals surface area contributed by atoms with Gasteiger partial charge in [-0.05, 0) is 24.1 Å². The van der Waals surface area contributed by atoms with Gasteiger partial charge >= 0.3 is 0 Å². The molecule has 1 rings (SSSR count). The van der Waals surface area contributed by atoms with Crippen LogP contribution in [0.5, 0.6) is 0 Å². The first kappa shape index (κ1) is 10.4. The Bertz CT molecular complexity index is 218. The molecule has 2 heteroatoms. The Hall–Kier alpha value is -0.630. The smallest absolute Gasteiger partial charge is 0.0655 e. The maximum Gasteiger partial charge on any atom is 0.0655 e. The van der Waals surface area contributed by atoms with Gasteiger partial charge in [0.1, 0.15) is 0 Å². The number of allylic oxidation sites excluding steroid dienone is 1. The minimum Gasteiger partial charge on any atom is -0.257 e. The fourth-order valence-electron chi connectivity index (χ4n) is 0.753. The largest absolute Gasteiger partial charge is 0.257 e. The molecule has 0 aliphatic heterocycles. The molecule has 60 valence electrons. The molecule has 1 aromatic heterocycles. The van der Waals surface area contributed by atoms with Crippen molar-refractivity contribution in [2.24, 2.45) is 0 Å². The molecule has 1 aromatic rings. The van der Waals surface area contributed by atoms with E-state index < -0.39 is 0 Å². The van der Waals surface area contributed by atoms with Gasteiger partial charge < -0.3 is 0 Å². The van der Waals surface area contributed by atoms with Crippen molar-refractivity contribution in [3.05, 3.63) is 36.7 Å². The molecule has 0 unspecified atom stereocenters. The van der Waals surface area contributed by atoms with Gasteiger partial charge in [0.05, 0.1) is 5.69 Å². The highest BCUT2D eigenvalue weighted by atomic mass is 79.9. The van der Waals surface area contributed by atoms with Gasteiger partial charge in [-0.1, -0.05) is 19.6 Å². The molecular formula is C9H12BrN. The Morgan fingerprint density at radius 1 is 1.55 bits per heavy atom. The van der Waals surface area contributed by atoms with Crippen LogP contribution >= 0.6 is 17.0 Å². The number of hydrogen-bond donors (Lipinski definition) is 0. The predicted molar refractivity (Wildman–Crippen MR) is 53.9 cm³/mol. The lowest BCUT2D eigenvalue weighted by molar-refractivity contribution is 1.18. The first-order valence-electron chi connectivity index (χ1n) is 3.43. The minimum absolute atomic E-state index is 0. The summed E-state index contributed by atoms with van der Waals surface area (Å²) in [5.74, 6) is 0. The molecule has 0 fully saturated rings.